The molecule has 0 spiro atoms. The number of carbonyl (C=O) groups is 8. The molecule has 0 bridgehead atoms. The molecule has 354 valence electrons. The number of amides is 7. The number of ether oxygens (including phenoxy) is 2. The summed E-state index contributed by atoms with van der Waals surface area (Å²) >= 11 is 0. The second-order valence-electron chi connectivity index (χ2n) is 17.0. The van der Waals surface area contributed by atoms with Crippen LogP contribution in [-0.4, -0.2) is 121 Å². The number of esters is 1. The van der Waals surface area contributed by atoms with Gasteiger partial charge in [-0.3, -0.25) is 48.5 Å². The lowest BCUT2D eigenvalue weighted by atomic mass is 9.93. The third-order valence-electron chi connectivity index (χ3n) is 12.7. The molecule has 4 N–H and O–H groups in total. The van der Waals surface area contributed by atoms with Crippen LogP contribution in [-0.2, 0) is 28.7 Å². The van der Waals surface area contributed by atoms with Crippen molar-refractivity contribution in [2.75, 3.05) is 43.8 Å². The second kappa shape index (κ2) is 19.5. The number of likely N-dealkylation sites (tertiary alicyclic amines) is 2. The number of imide groups is 2. The van der Waals surface area contributed by atoms with Gasteiger partial charge in [-0.1, -0.05) is 36.4 Å². The van der Waals surface area contributed by atoms with Crippen LogP contribution in [0.5, 0.6) is 5.75 Å². The fraction of sp³-hybridized carbons (Fsp3) is 0.312. The molecule has 6 heterocycles. The molecule has 0 saturated carbocycles. The Labute approximate surface area is 392 Å². The highest BCUT2D eigenvalue weighted by Crippen LogP contribution is 2.34. The smallest absolute Gasteiger partial charge is 0.361 e. The summed E-state index contributed by atoms with van der Waals surface area (Å²) in [6.45, 7) is 1.22. The molecule has 4 aliphatic heterocycles. The molecular weight excluding hydrogens is 896 g/mol. The molecule has 3 aromatic carbocycles. The van der Waals surface area contributed by atoms with Crippen molar-refractivity contribution in [3.63, 3.8) is 0 Å². The van der Waals surface area contributed by atoms with Crippen LogP contribution in [0.3, 0.4) is 0 Å². The van der Waals surface area contributed by atoms with Gasteiger partial charge >= 0.3 is 5.97 Å². The number of piperidine rings is 3. The topological polar surface area (TPSA) is 258 Å². The molecule has 4 aliphatic rings. The highest BCUT2D eigenvalue weighted by molar-refractivity contribution is 6.24. The maximum atomic E-state index is 13.7. The summed E-state index contributed by atoms with van der Waals surface area (Å²) in [4.78, 5) is 118. The van der Waals surface area contributed by atoms with Gasteiger partial charge in [-0.25, -0.2) is 19.2 Å². The number of benzene rings is 3. The number of halogens is 1. The van der Waals surface area contributed by atoms with E-state index < -0.39 is 60.1 Å². The molecule has 9 rings (SSSR count). The van der Waals surface area contributed by atoms with Crippen LogP contribution < -0.4 is 21.1 Å². The van der Waals surface area contributed by atoms with Crippen molar-refractivity contribution in [3.8, 4) is 17.0 Å². The molecule has 5 aromatic rings. The van der Waals surface area contributed by atoms with Gasteiger partial charge in [0.25, 0.3) is 23.6 Å². The Kier molecular flexibility index (Phi) is 12.9. The Morgan fingerprint density at radius 3 is 2.29 bits per heavy atom. The molecule has 7 amide bonds. The summed E-state index contributed by atoms with van der Waals surface area (Å²) in [5.74, 6) is -5.58. The summed E-state index contributed by atoms with van der Waals surface area (Å²) in [6.07, 6.45) is 5.49. The molecule has 21 heteroatoms. The molecule has 1 unspecified atom stereocenters. The van der Waals surface area contributed by atoms with Crippen LogP contribution in [0.2, 0.25) is 0 Å². The number of carbonyl (C=O) groups excluding carboxylic acids is 8. The zero-order chi connectivity index (χ0) is 48.3. The number of aromatic nitrogens is 4. The fourth-order valence-corrected chi connectivity index (χ4v) is 8.98. The lowest BCUT2D eigenvalue weighted by Gasteiger charge is -2.37. The maximum absolute atomic E-state index is 13.7. The lowest BCUT2D eigenvalue weighted by Crippen LogP contribution is -2.54. The normalized spacial score (nSPS) is 18.1. The van der Waals surface area contributed by atoms with Gasteiger partial charge in [0.05, 0.1) is 35.3 Å². The van der Waals surface area contributed by atoms with Gasteiger partial charge in [0, 0.05) is 61.5 Å². The first-order chi connectivity index (χ1) is 33.3. The van der Waals surface area contributed by atoms with Gasteiger partial charge in [0.1, 0.15) is 17.6 Å². The van der Waals surface area contributed by atoms with Crippen LogP contribution in [0.15, 0.2) is 91.4 Å². The van der Waals surface area contributed by atoms with Gasteiger partial charge in [-0.2, -0.15) is 5.10 Å². The van der Waals surface area contributed by atoms with E-state index in [-0.39, 0.29) is 70.7 Å². The quantitative estimate of drug-likeness (QED) is 0.120. The summed E-state index contributed by atoms with van der Waals surface area (Å²) in [6, 6.07) is 16.8. The van der Waals surface area contributed by atoms with Crippen molar-refractivity contribution in [3.05, 3.63) is 120 Å². The summed E-state index contributed by atoms with van der Waals surface area (Å²) in [5.41, 5.74) is 7.28. The number of nitrogens with zero attached hydrogens (tertiary/aromatic N) is 7. The summed E-state index contributed by atoms with van der Waals surface area (Å²) in [5, 5.41) is 9.36. The van der Waals surface area contributed by atoms with Gasteiger partial charge in [-0.15, -0.1) is 0 Å². The first-order valence-corrected chi connectivity index (χ1v) is 22.4. The molecule has 3 fully saturated rings. The van der Waals surface area contributed by atoms with E-state index in [0.29, 0.717) is 68.7 Å². The molecule has 20 nitrogen and oxygen atoms in total. The van der Waals surface area contributed by atoms with E-state index in [1.807, 2.05) is 4.90 Å². The van der Waals surface area contributed by atoms with E-state index in [9.17, 15) is 42.7 Å². The standard InChI is InChI=1S/C48H45FN10O10/c49-30-9-11-31(12-10-30)53-44(63)41(27-5-2-1-3-6-27)69-48(67)40-42(50)51-24-34(54-40)29-23-52-58(25-29)32-17-21-57(22-18-32)45(64)28-15-19-56(20-16-28)38(61)26-68-36-8-4-7-33-39(36)47(66)59(46(33)65)35-13-14-37(60)55-43(35)62/h1-12,23-25,28,32,35,41H,13-22,26H2,(H2,50,51)(H,53,63)(H,55,60,62)/t35?,41-/m1/s1. The maximum Gasteiger partial charge on any atom is 0.361 e. The van der Waals surface area contributed by atoms with Crippen molar-refractivity contribution < 1.29 is 52.2 Å². The minimum atomic E-state index is -1.41. The minimum absolute atomic E-state index is 0.00812. The predicted molar refractivity (Wildman–Crippen MR) is 240 cm³/mol. The molecule has 0 aliphatic carbocycles. The molecule has 69 heavy (non-hydrogen) atoms. The first kappa shape index (κ1) is 45.8. The minimum Gasteiger partial charge on any atom is -0.483 e. The monoisotopic (exact) mass is 940 g/mol. The van der Waals surface area contributed by atoms with Crippen LogP contribution in [0.1, 0.15) is 87.4 Å². The zero-order valence-corrected chi connectivity index (χ0v) is 36.9. The molecular formula is C48H45FN10O10. The fourth-order valence-electron chi connectivity index (χ4n) is 8.98. The third kappa shape index (κ3) is 9.60. The van der Waals surface area contributed by atoms with Crippen molar-refractivity contribution in [2.45, 2.75) is 56.7 Å². The van der Waals surface area contributed by atoms with Gasteiger partial charge in [-0.05, 0) is 68.5 Å². The predicted octanol–water partition coefficient (Wildman–Crippen LogP) is 3.48. The van der Waals surface area contributed by atoms with Crippen molar-refractivity contribution >= 4 is 58.8 Å². The first-order valence-electron chi connectivity index (χ1n) is 22.4. The van der Waals surface area contributed by atoms with Crippen LogP contribution in [0, 0.1) is 11.7 Å². The molecule has 0 radical (unpaired) electrons. The number of nitrogens with two attached hydrogens (primary N) is 1. The Morgan fingerprint density at radius 2 is 1.57 bits per heavy atom. The number of hydrogen-bond donors (Lipinski definition) is 3. The van der Waals surface area contributed by atoms with E-state index in [1.165, 1.54) is 48.7 Å². The van der Waals surface area contributed by atoms with Crippen LogP contribution in [0.25, 0.3) is 11.3 Å². The number of nitrogens with one attached hydrogen (secondary N) is 2. The van der Waals surface area contributed by atoms with E-state index in [4.69, 9.17) is 15.2 Å². The van der Waals surface area contributed by atoms with E-state index in [2.05, 4.69) is 25.7 Å². The zero-order valence-electron chi connectivity index (χ0n) is 36.9. The summed E-state index contributed by atoms with van der Waals surface area (Å²) in [7, 11) is 0. The van der Waals surface area contributed by atoms with Crippen molar-refractivity contribution in [1.82, 2.24) is 39.8 Å². The number of rotatable bonds is 12. The number of fused-ring (bicyclic) bond motifs is 1. The number of hydrogen-bond acceptors (Lipinski definition) is 14. The SMILES string of the molecule is Nc1ncc(-c2cnn(C3CCN(C(=O)C4CCN(C(=O)COc5cccc6c5C(=O)N(C5CCC(=O)NC5=O)C6=O)CC4)CC3)c2)nc1C(=O)O[C@@H](C(=O)Nc1ccc(F)cc1)c1ccccc1. The second-order valence-corrected chi connectivity index (χ2v) is 17.0. The largest absolute Gasteiger partial charge is 0.483 e. The third-order valence-corrected chi connectivity index (χ3v) is 12.7. The average Bonchev–Trinajstić information content (AvgIpc) is 3.96. The average molecular weight is 941 g/mol. The number of anilines is 2. The van der Waals surface area contributed by atoms with Gasteiger partial charge in [0.2, 0.25) is 23.8 Å². The Bertz CT molecular complexity index is 2860. The highest BCUT2D eigenvalue weighted by atomic mass is 19.1. The molecule has 2 atom stereocenters. The van der Waals surface area contributed by atoms with Crippen molar-refractivity contribution in [2.24, 2.45) is 5.92 Å². The van der Waals surface area contributed by atoms with Gasteiger partial charge in [0.15, 0.2) is 18.1 Å². The Morgan fingerprint density at radius 1 is 0.841 bits per heavy atom. The van der Waals surface area contributed by atoms with Crippen LogP contribution >= 0.6 is 0 Å². The van der Waals surface area contributed by atoms with Gasteiger partial charge < -0.3 is 30.3 Å². The Hall–Kier alpha value is -8.36. The molecule has 2 aromatic heterocycles. The van der Waals surface area contributed by atoms with Crippen LogP contribution in [0.4, 0.5) is 15.9 Å². The van der Waals surface area contributed by atoms with E-state index in [0.717, 1.165) is 4.90 Å². The molecule has 3 saturated heterocycles. The Balaban J connectivity index is 0.757. The van der Waals surface area contributed by atoms with E-state index >= 15 is 0 Å². The summed E-state index contributed by atoms with van der Waals surface area (Å²) < 4.78 is 26.8. The van der Waals surface area contributed by atoms with Crippen molar-refractivity contribution in [1.29, 1.82) is 0 Å². The van der Waals surface area contributed by atoms with E-state index in [1.54, 1.807) is 52.3 Å². The number of nitrogen functional groups attached to an aromatic ring is 1. The highest BCUT2D eigenvalue weighted by Gasteiger charge is 2.46. The lowest BCUT2D eigenvalue weighted by molar-refractivity contribution is -0.142.